The molecule has 1 amide bonds. The lowest BCUT2D eigenvalue weighted by molar-refractivity contribution is -0.117. The minimum absolute atomic E-state index is 0. The van der Waals surface area contributed by atoms with E-state index < -0.39 is 6.04 Å². The molecule has 0 aromatic heterocycles. The number of carbonyl (C=O) groups excluding carboxylic acids is 1. The van der Waals surface area contributed by atoms with E-state index in [1.54, 1.807) is 6.92 Å². The molecule has 1 atom stereocenters. The van der Waals surface area contributed by atoms with Crippen molar-refractivity contribution in [3.05, 3.63) is 59.7 Å². The van der Waals surface area contributed by atoms with Crippen LogP contribution in [-0.4, -0.2) is 18.5 Å². The lowest BCUT2D eigenvalue weighted by Crippen LogP contribution is -2.32. The number of nitrogens with one attached hydrogen (secondary N) is 1. The molecular formula is C18H23Cl2N3O. The van der Waals surface area contributed by atoms with Gasteiger partial charge in [0.25, 0.3) is 0 Å². The van der Waals surface area contributed by atoms with Gasteiger partial charge < -0.3 is 16.0 Å². The number of hydrogen-bond acceptors (Lipinski definition) is 3. The Balaban J connectivity index is 0.00000144. The number of halogens is 2. The summed E-state index contributed by atoms with van der Waals surface area (Å²) in [4.78, 5) is 14.0. The normalized spacial score (nSPS) is 13.3. The van der Waals surface area contributed by atoms with Crippen LogP contribution in [-0.2, 0) is 17.8 Å². The number of fused-ring (bicyclic) bond motifs is 1. The minimum atomic E-state index is -0.499. The van der Waals surface area contributed by atoms with Gasteiger partial charge in [-0.15, -0.1) is 24.8 Å². The lowest BCUT2D eigenvalue weighted by Gasteiger charge is -2.19. The summed E-state index contributed by atoms with van der Waals surface area (Å²) in [5.41, 5.74) is 10.3. The summed E-state index contributed by atoms with van der Waals surface area (Å²) in [7, 11) is 0. The predicted molar refractivity (Wildman–Crippen MR) is 104 cm³/mol. The topological polar surface area (TPSA) is 58.4 Å². The first-order valence-electron chi connectivity index (χ1n) is 7.62. The van der Waals surface area contributed by atoms with E-state index in [2.05, 4.69) is 46.6 Å². The fourth-order valence-electron chi connectivity index (χ4n) is 2.74. The molecular weight excluding hydrogens is 345 g/mol. The van der Waals surface area contributed by atoms with Crippen molar-refractivity contribution in [2.45, 2.75) is 25.9 Å². The summed E-state index contributed by atoms with van der Waals surface area (Å²) < 4.78 is 0. The summed E-state index contributed by atoms with van der Waals surface area (Å²) >= 11 is 0. The van der Waals surface area contributed by atoms with Crippen molar-refractivity contribution in [1.29, 1.82) is 0 Å². The van der Waals surface area contributed by atoms with Gasteiger partial charge in [-0.3, -0.25) is 4.79 Å². The van der Waals surface area contributed by atoms with Gasteiger partial charge in [-0.2, -0.15) is 0 Å². The van der Waals surface area contributed by atoms with Gasteiger partial charge in [-0.25, -0.2) is 0 Å². The molecule has 4 nitrogen and oxygen atoms in total. The largest absolute Gasteiger partial charge is 0.367 e. The molecule has 0 saturated carbocycles. The molecule has 0 bridgehead atoms. The highest BCUT2D eigenvalue weighted by Crippen LogP contribution is 2.28. The molecule has 2 aromatic rings. The number of para-hydroxylation sites is 1. The van der Waals surface area contributed by atoms with Crippen LogP contribution < -0.4 is 16.0 Å². The number of anilines is 2. The highest BCUT2D eigenvalue weighted by Gasteiger charge is 2.18. The molecule has 3 rings (SSSR count). The Labute approximate surface area is 155 Å². The zero-order chi connectivity index (χ0) is 15.5. The van der Waals surface area contributed by atoms with Crippen LogP contribution in [0.3, 0.4) is 0 Å². The molecule has 0 radical (unpaired) electrons. The van der Waals surface area contributed by atoms with Crippen LogP contribution in [0.5, 0.6) is 0 Å². The number of carbonyl (C=O) groups is 1. The van der Waals surface area contributed by atoms with E-state index in [1.807, 2.05) is 12.1 Å². The Morgan fingerprint density at radius 1 is 1.17 bits per heavy atom. The van der Waals surface area contributed by atoms with Crippen molar-refractivity contribution in [3.8, 4) is 0 Å². The molecule has 0 aliphatic carbocycles. The summed E-state index contributed by atoms with van der Waals surface area (Å²) in [6.07, 6.45) is 1.11. The Kier molecular flexibility index (Phi) is 7.55. The van der Waals surface area contributed by atoms with Crippen LogP contribution in [0.2, 0.25) is 0 Å². The van der Waals surface area contributed by atoms with Gasteiger partial charge in [0.15, 0.2) is 0 Å². The van der Waals surface area contributed by atoms with Crippen LogP contribution in [0.25, 0.3) is 0 Å². The second kappa shape index (κ2) is 8.92. The van der Waals surface area contributed by atoms with Crippen molar-refractivity contribution < 1.29 is 4.79 Å². The molecule has 1 aliphatic rings. The number of amides is 1. The third kappa shape index (κ3) is 4.63. The third-order valence-electron chi connectivity index (χ3n) is 3.99. The zero-order valence-electron chi connectivity index (χ0n) is 13.6. The fraction of sp³-hybridized carbons (Fsp3) is 0.278. The van der Waals surface area contributed by atoms with Crippen LogP contribution in [0, 0.1) is 0 Å². The van der Waals surface area contributed by atoms with E-state index >= 15 is 0 Å². The van der Waals surface area contributed by atoms with Crippen molar-refractivity contribution in [2.24, 2.45) is 5.73 Å². The molecule has 3 N–H and O–H groups in total. The van der Waals surface area contributed by atoms with Crippen LogP contribution in [0.15, 0.2) is 48.5 Å². The quantitative estimate of drug-likeness (QED) is 0.870. The molecule has 1 unspecified atom stereocenters. The second-order valence-corrected chi connectivity index (χ2v) is 5.78. The van der Waals surface area contributed by atoms with Gasteiger partial charge in [-0.1, -0.05) is 30.3 Å². The third-order valence-corrected chi connectivity index (χ3v) is 3.99. The first-order valence-corrected chi connectivity index (χ1v) is 7.62. The van der Waals surface area contributed by atoms with E-state index in [-0.39, 0.29) is 30.7 Å². The first-order chi connectivity index (χ1) is 10.6. The molecule has 0 saturated heterocycles. The highest BCUT2D eigenvalue weighted by molar-refractivity contribution is 5.94. The monoisotopic (exact) mass is 367 g/mol. The maximum Gasteiger partial charge on any atom is 0.240 e. The second-order valence-electron chi connectivity index (χ2n) is 5.78. The molecule has 24 heavy (non-hydrogen) atoms. The molecule has 130 valence electrons. The van der Waals surface area contributed by atoms with Gasteiger partial charge in [0, 0.05) is 24.5 Å². The predicted octanol–water partition coefficient (Wildman–Crippen LogP) is 3.38. The minimum Gasteiger partial charge on any atom is -0.367 e. The molecule has 0 fully saturated rings. The van der Waals surface area contributed by atoms with Crippen molar-refractivity contribution in [1.82, 2.24) is 0 Å². The van der Waals surface area contributed by atoms with E-state index in [9.17, 15) is 4.79 Å². The summed E-state index contributed by atoms with van der Waals surface area (Å²) in [6, 6.07) is 16.0. The molecule has 6 heteroatoms. The van der Waals surface area contributed by atoms with Crippen molar-refractivity contribution in [2.75, 3.05) is 16.8 Å². The van der Waals surface area contributed by atoms with Gasteiger partial charge in [0.2, 0.25) is 5.91 Å². The van der Waals surface area contributed by atoms with E-state index in [0.29, 0.717) is 0 Å². The van der Waals surface area contributed by atoms with E-state index in [0.717, 1.165) is 25.2 Å². The fourth-order valence-corrected chi connectivity index (χ4v) is 2.74. The smallest absolute Gasteiger partial charge is 0.240 e. The zero-order valence-corrected chi connectivity index (χ0v) is 15.2. The van der Waals surface area contributed by atoms with Gasteiger partial charge in [0.05, 0.1) is 6.04 Å². The number of benzene rings is 2. The molecule has 1 aliphatic heterocycles. The van der Waals surface area contributed by atoms with Crippen LogP contribution >= 0.6 is 24.8 Å². The van der Waals surface area contributed by atoms with Crippen LogP contribution in [0.1, 0.15) is 18.1 Å². The number of nitrogens with zero attached hydrogens (tertiary/aromatic N) is 1. The molecule has 1 heterocycles. The van der Waals surface area contributed by atoms with E-state index in [4.69, 9.17) is 5.73 Å². The van der Waals surface area contributed by atoms with Gasteiger partial charge in [-0.05, 0) is 42.7 Å². The standard InChI is InChI=1S/C18H21N3O.2ClH/c1-13(19)18(22)20-16-8-6-14(7-9-16)12-21-11-10-15-4-2-3-5-17(15)21;;/h2-9,13H,10-12,19H2,1H3,(H,20,22);2*1H. The summed E-state index contributed by atoms with van der Waals surface area (Å²) in [6.45, 7) is 3.62. The Bertz CT molecular complexity index is 674. The Hall–Kier alpha value is -1.75. The first kappa shape index (κ1) is 20.3. The lowest BCUT2D eigenvalue weighted by atomic mass is 10.1. The Morgan fingerprint density at radius 3 is 2.50 bits per heavy atom. The number of nitrogens with two attached hydrogens (primary N) is 1. The SMILES string of the molecule is CC(N)C(=O)Nc1ccc(CN2CCc3ccccc32)cc1.Cl.Cl. The summed E-state index contributed by atoms with van der Waals surface area (Å²) in [5.74, 6) is -0.166. The maximum absolute atomic E-state index is 11.6. The Morgan fingerprint density at radius 2 is 1.83 bits per heavy atom. The van der Waals surface area contributed by atoms with Gasteiger partial charge in [0.1, 0.15) is 0 Å². The van der Waals surface area contributed by atoms with Crippen molar-refractivity contribution in [3.63, 3.8) is 0 Å². The number of rotatable bonds is 4. The van der Waals surface area contributed by atoms with Crippen molar-refractivity contribution >= 4 is 42.1 Å². The average Bonchev–Trinajstić information content (AvgIpc) is 2.92. The average molecular weight is 368 g/mol. The molecule has 2 aromatic carbocycles. The van der Waals surface area contributed by atoms with E-state index in [1.165, 1.54) is 16.8 Å². The molecule has 0 spiro atoms. The van der Waals surface area contributed by atoms with Crippen LogP contribution in [0.4, 0.5) is 11.4 Å². The highest BCUT2D eigenvalue weighted by atomic mass is 35.5. The van der Waals surface area contributed by atoms with Gasteiger partial charge >= 0.3 is 0 Å². The number of hydrogen-bond donors (Lipinski definition) is 2. The summed E-state index contributed by atoms with van der Waals surface area (Å²) in [5, 5.41) is 2.80. The maximum atomic E-state index is 11.6.